The van der Waals surface area contributed by atoms with E-state index in [2.05, 4.69) is 15.6 Å². The van der Waals surface area contributed by atoms with Gasteiger partial charge in [-0.15, -0.1) is 0 Å². The van der Waals surface area contributed by atoms with Gasteiger partial charge < -0.3 is 15.5 Å². The summed E-state index contributed by atoms with van der Waals surface area (Å²) in [5.41, 5.74) is 1.46. The third-order valence-corrected chi connectivity index (χ3v) is 10.1. The van der Waals surface area contributed by atoms with Crippen LogP contribution in [0.2, 0.25) is 0 Å². The number of hydrogen-bond acceptors (Lipinski definition) is 6. The zero-order chi connectivity index (χ0) is 27.2. The maximum atomic E-state index is 13.9. The van der Waals surface area contributed by atoms with Crippen LogP contribution >= 0.6 is 11.3 Å². The molecule has 3 N–H and O–H groups in total. The van der Waals surface area contributed by atoms with E-state index in [1.165, 1.54) is 11.3 Å². The molecule has 1 aromatic carbocycles. The second-order valence-corrected chi connectivity index (χ2v) is 13.0. The van der Waals surface area contributed by atoms with Gasteiger partial charge in [-0.1, -0.05) is 63.4 Å². The largest absolute Gasteiger partial charge is 0.344 e. The number of amides is 3. The lowest BCUT2D eigenvalue weighted by molar-refractivity contribution is -0.142. The second-order valence-electron chi connectivity index (χ2n) is 10.4. The number of carbonyl (C=O) groups excluding carboxylic acids is 3. The number of aromatic nitrogens is 1. The molecule has 0 bridgehead atoms. The van der Waals surface area contributed by atoms with E-state index in [0.717, 1.165) is 44.1 Å². The molecule has 4 rings (SSSR count). The highest BCUT2D eigenvalue weighted by molar-refractivity contribution is 7.92. The van der Waals surface area contributed by atoms with Gasteiger partial charge in [0.1, 0.15) is 29.0 Å². The van der Waals surface area contributed by atoms with Crippen LogP contribution in [0.4, 0.5) is 5.00 Å². The monoisotopic (exact) mass is 559 g/mol. The number of carbonyl (C=O) groups is 3. The molecule has 2 aliphatic rings. The van der Waals surface area contributed by atoms with Crippen LogP contribution in [0.15, 0.2) is 34.7 Å². The van der Waals surface area contributed by atoms with E-state index < -0.39 is 23.3 Å². The summed E-state index contributed by atoms with van der Waals surface area (Å²) in [7, 11) is 0. The summed E-state index contributed by atoms with van der Waals surface area (Å²) < 4.78 is 10.7. The van der Waals surface area contributed by atoms with Crippen molar-refractivity contribution in [3.63, 3.8) is 0 Å². The second kappa shape index (κ2) is 13.1. The number of anilines is 1. The Kier molecular flexibility index (Phi) is 9.84. The van der Waals surface area contributed by atoms with Crippen molar-refractivity contribution in [2.75, 3.05) is 18.1 Å². The lowest BCUT2D eigenvalue weighted by Gasteiger charge is -2.35. The van der Waals surface area contributed by atoms with Crippen LogP contribution < -0.4 is 10.6 Å². The number of thiazole rings is 1. The smallest absolute Gasteiger partial charge is 0.340 e. The highest BCUT2D eigenvalue weighted by atomic mass is 32.2. The van der Waals surface area contributed by atoms with Crippen molar-refractivity contribution in [3.8, 4) is 11.3 Å². The predicted molar refractivity (Wildman–Crippen MR) is 153 cm³/mol. The molecule has 2 fully saturated rings. The Balaban J connectivity index is 1.55. The van der Waals surface area contributed by atoms with E-state index in [0.29, 0.717) is 34.4 Å². The maximum absolute atomic E-state index is 13.9. The Bertz CT molecular complexity index is 1120. The number of nitrogens with zero attached hydrogens (tertiary/aromatic N) is 2. The van der Waals surface area contributed by atoms with Crippen molar-refractivity contribution in [3.05, 3.63) is 30.3 Å². The van der Waals surface area contributed by atoms with Crippen LogP contribution in [0, 0.1) is 11.8 Å². The fourth-order valence-electron chi connectivity index (χ4n) is 5.31. The molecule has 2 heterocycles. The van der Waals surface area contributed by atoms with Gasteiger partial charge in [0, 0.05) is 18.0 Å². The zero-order valence-electron chi connectivity index (χ0n) is 22.4. The Morgan fingerprint density at radius 1 is 1.13 bits per heavy atom. The van der Waals surface area contributed by atoms with Gasteiger partial charge in [0.25, 0.3) is 0 Å². The third kappa shape index (κ3) is 6.58. The summed E-state index contributed by atoms with van der Waals surface area (Å²) in [6, 6.07) is 8.34. The van der Waals surface area contributed by atoms with Gasteiger partial charge in [-0.2, -0.15) is 9.54 Å². The highest BCUT2D eigenvalue weighted by Gasteiger charge is 2.41. The van der Waals surface area contributed by atoms with Gasteiger partial charge in [-0.05, 0) is 49.4 Å². The maximum Gasteiger partial charge on any atom is 0.340 e. The van der Waals surface area contributed by atoms with Gasteiger partial charge in [0.2, 0.25) is 28.9 Å². The quantitative estimate of drug-likeness (QED) is 0.377. The van der Waals surface area contributed by atoms with Crippen LogP contribution in [0.25, 0.3) is 11.3 Å². The Hall–Kier alpha value is -2.43. The number of rotatable bonds is 9. The fourth-order valence-corrected chi connectivity index (χ4v) is 6.99. The van der Waals surface area contributed by atoms with Crippen LogP contribution in [-0.4, -0.2) is 57.0 Å². The molecule has 10 heteroatoms. The summed E-state index contributed by atoms with van der Waals surface area (Å²) >= 11 is 0.219. The molecule has 0 spiro atoms. The first kappa shape index (κ1) is 28.6. The van der Waals surface area contributed by atoms with Crippen LogP contribution in [0.5, 0.6) is 0 Å². The number of hydrogen-bond donors (Lipinski definition) is 3. The van der Waals surface area contributed by atoms with Crippen molar-refractivity contribution < 1.29 is 18.9 Å². The van der Waals surface area contributed by atoms with E-state index in [1.807, 2.05) is 44.2 Å². The minimum absolute atomic E-state index is 0.0920. The van der Waals surface area contributed by atoms with Gasteiger partial charge in [0.15, 0.2) is 0 Å². The van der Waals surface area contributed by atoms with Gasteiger partial charge in [0.05, 0.1) is 0 Å². The van der Waals surface area contributed by atoms with Crippen LogP contribution in [0.3, 0.4) is 0 Å². The van der Waals surface area contributed by atoms with Gasteiger partial charge >= 0.3 is 4.34 Å². The summed E-state index contributed by atoms with van der Waals surface area (Å²) in [4.78, 5) is 46.6. The molecule has 3 amide bonds. The van der Waals surface area contributed by atoms with E-state index in [9.17, 15) is 18.9 Å². The van der Waals surface area contributed by atoms with E-state index in [1.54, 1.807) is 11.2 Å². The molecular weight excluding hydrogens is 520 g/mol. The minimum atomic E-state index is -1.04. The SMILES string of the molecule is CC[C@@H](C)C(=O)N[C@H](C(=O)N1CCC[C@H]1C(=O)Nc1sc([S+](C)O)nc1-c1ccccc1)C1CCCCC1. The summed E-state index contributed by atoms with van der Waals surface area (Å²) in [6.07, 6.45) is 8.76. The molecule has 38 heavy (non-hydrogen) atoms. The number of nitrogens with one attached hydrogen (secondary N) is 2. The fraction of sp³-hybridized carbons (Fsp3) is 0.571. The summed E-state index contributed by atoms with van der Waals surface area (Å²) in [5, 5.41) is 6.67. The molecule has 0 radical (unpaired) electrons. The molecule has 1 aromatic heterocycles. The lowest BCUT2D eigenvalue weighted by Crippen LogP contribution is -2.56. The number of likely N-dealkylation sites (tertiary alicyclic amines) is 1. The Morgan fingerprint density at radius 2 is 1.84 bits per heavy atom. The summed E-state index contributed by atoms with van der Waals surface area (Å²) in [5.74, 6) is -0.578. The normalized spacial score (nSPS) is 20.5. The van der Waals surface area contributed by atoms with Crippen LogP contribution in [-0.2, 0) is 25.6 Å². The Morgan fingerprint density at radius 3 is 2.50 bits per heavy atom. The van der Waals surface area contributed by atoms with Gasteiger partial charge in [-0.25, -0.2) is 0 Å². The molecule has 1 saturated carbocycles. The average molecular weight is 560 g/mol. The van der Waals surface area contributed by atoms with Crippen molar-refractivity contribution in [2.45, 2.75) is 81.6 Å². The van der Waals surface area contributed by atoms with Crippen LogP contribution in [0.1, 0.15) is 65.2 Å². The standard InChI is InChI=1S/C28H38N4O4S2/c1-4-18(2)24(33)29-23(20-14-9-6-10-15-20)27(35)32-17-11-16-21(32)25(34)31-26-22(19-12-7-5-8-13-19)30-28(37-26)38(3)36/h5,7-8,12-13,18,20-21,23,36H,4,6,9-11,14-17H2,1-3H3,(H-,29,31,33,34)/p+1/t18-,21+,23+,38?/m1/s1. The first-order valence-electron chi connectivity index (χ1n) is 13.6. The van der Waals surface area contributed by atoms with Crippen molar-refractivity contribution in [1.29, 1.82) is 0 Å². The molecule has 1 aliphatic heterocycles. The first-order valence-corrected chi connectivity index (χ1v) is 16.0. The molecule has 1 aliphatic carbocycles. The molecule has 1 unspecified atom stereocenters. The minimum Gasteiger partial charge on any atom is -0.344 e. The molecular formula is C28H39N4O4S2+. The van der Waals surface area contributed by atoms with E-state index in [-0.39, 0.29) is 29.6 Å². The molecule has 206 valence electrons. The topological polar surface area (TPSA) is 112 Å². The molecule has 2 aromatic rings. The summed E-state index contributed by atoms with van der Waals surface area (Å²) in [6.45, 7) is 4.34. The lowest BCUT2D eigenvalue weighted by atomic mass is 9.83. The van der Waals surface area contributed by atoms with E-state index >= 15 is 0 Å². The highest BCUT2D eigenvalue weighted by Crippen LogP contribution is 2.36. The van der Waals surface area contributed by atoms with Crippen molar-refractivity contribution in [2.24, 2.45) is 11.8 Å². The molecule has 1 saturated heterocycles. The Labute approximate surface area is 232 Å². The third-order valence-electron chi connectivity index (χ3n) is 7.73. The van der Waals surface area contributed by atoms with Crippen molar-refractivity contribution >= 4 is 45.2 Å². The van der Waals surface area contributed by atoms with Gasteiger partial charge in [-0.3, -0.25) is 14.4 Å². The van der Waals surface area contributed by atoms with Crippen molar-refractivity contribution in [1.82, 2.24) is 15.2 Å². The molecule has 4 atom stereocenters. The predicted octanol–water partition coefficient (Wildman–Crippen LogP) is 4.93. The van der Waals surface area contributed by atoms with E-state index in [4.69, 9.17) is 0 Å². The average Bonchev–Trinajstić information content (AvgIpc) is 3.60. The number of benzene rings is 1. The molecule has 8 nitrogen and oxygen atoms in total. The zero-order valence-corrected chi connectivity index (χ0v) is 24.1. The first-order chi connectivity index (χ1) is 18.3.